The third-order valence-electron chi connectivity index (χ3n) is 3.15. The molecular weight excluding hydrogens is 255 g/mol. The second-order valence-corrected chi connectivity index (χ2v) is 4.53. The highest BCUT2D eigenvalue weighted by Gasteiger charge is 2.02. The first-order valence-corrected chi connectivity index (χ1v) is 6.54. The minimum absolute atomic E-state index is 0.223. The fraction of sp³-hybridized carbons (Fsp3) is 0.250. The number of methoxy groups -OCH3 is 1. The predicted octanol–water partition coefficient (Wildman–Crippen LogP) is 3.38. The zero-order valence-corrected chi connectivity index (χ0v) is 11.8. The minimum atomic E-state index is -0.223. The Labute approximate surface area is 119 Å². The molecule has 0 aliphatic carbocycles. The summed E-state index contributed by atoms with van der Waals surface area (Å²) < 4.78 is 18.6. The summed E-state index contributed by atoms with van der Waals surface area (Å²) in [4.78, 5) is 2.10. The van der Waals surface area contributed by atoms with Gasteiger partial charge in [-0.3, -0.25) is 0 Å². The average molecular weight is 274 g/mol. The Hall–Kier alpha value is -2.23. The van der Waals surface area contributed by atoms with Gasteiger partial charge in [0, 0.05) is 25.8 Å². The van der Waals surface area contributed by atoms with Gasteiger partial charge >= 0.3 is 0 Å². The van der Waals surface area contributed by atoms with Crippen LogP contribution in [0, 0.1) is 5.82 Å². The molecule has 0 aromatic heterocycles. The summed E-state index contributed by atoms with van der Waals surface area (Å²) in [5, 5.41) is 3.09. The molecule has 1 N–H and O–H groups in total. The molecule has 0 radical (unpaired) electrons. The van der Waals surface area contributed by atoms with Gasteiger partial charge in [-0.15, -0.1) is 0 Å². The molecule has 106 valence electrons. The Morgan fingerprint density at radius 2 is 1.80 bits per heavy atom. The lowest BCUT2D eigenvalue weighted by Crippen LogP contribution is -2.24. The monoisotopic (exact) mass is 274 g/mol. The molecule has 0 saturated carbocycles. The normalized spacial score (nSPS) is 10.2. The molecule has 4 heteroatoms. The van der Waals surface area contributed by atoms with Gasteiger partial charge in [0.05, 0.1) is 12.8 Å². The van der Waals surface area contributed by atoms with Gasteiger partial charge in [-0.1, -0.05) is 12.1 Å². The van der Waals surface area contributed by atoms with Crippen molar-refractivity contribution in [3.8, 4) is 5.75 Å². The van der Waals surface area contributed by atoms with Crippen molar-refractivity contribution in [2.24, 2.45) is 0 Å². The van der Waals surface area contributed by atoms with Crippen LogP contribution in [0.5, 0.6) is 5.75 Å². The van der Waals surface area contributed by atoms with Crippen LogP contribution >= 0.6 is 0 Å². The molecule has 0 saturated heterocycles. The molecule has 2 aromatic carbocycles. The molecule has 0 aliphatic rings. The van der Waals surface area contributed by atoms with Gasteiger partial charge in [-0.05, 0) is 36.4 Å². The summed E-state index contributed by atoms with van der Waals surface area (Å²) in [5.41, 5.74) is 1.64. The predicted molar refractivity (Wildman–Crippen MR) is 81.2 cm³/mol. The number of hydrogen-bond donors (Lipinski definition) is 1. The Bertz CT molecular complexity index is 542. The summed E-state index contributed by atoms with van der Waals surface area (Å²) >= 11 is 0. The molecule has 3 nitrogen and oxygen atoms in total. The van der Waals surface area contributed by atoms with Crippen molar-refractivity contribution in [3.63, 3.8) is 0 Å². The van der Waals surface area contributed by atoms with E-state index >= 15 is 0 Å². The third-order valence-corrected chi connectivity index (χ3v) is 3.15. The van der Waals surface area contributed by atoms with Gasteiger partial charge in [0.2, 0.25) is 0 Å². The van der Waals surface area contributed by atoms with Crippen LogP contribution in [-0.4, -0.2) is 27.2 Å². The minimum Gasteiger partial charge on any atom is -0.497 e. The van der Waals surface area contributed by atoms with Crippen molar-refractivity contribution >= 4 is 11.4 Å². The molecule has 0 heterocycles. The highest BCUT2D eigenvalue weighted by molar-refractivity contribution is 5.49. The molecule has 20 heavy (non-hydrogen) atoms. The SMILES string of the molecule is COc1ccc(N(C)CCNc2ccccc2F)cc1. The second kappa shape index (κ2) is 6.80. The fourth-order valence-corrected chi connectivity index (χ4v) is 1.93. The van der Waals surface area contributed by atoms with Gasteiger partial charge in [-0.2, -0.15) is 0 Å². The van der Waals surface area contributed by atoms with Crippen molar-refractivity contribution in [2.45, 2.75) is 0 Å². The maximum absolute atomic E-state index is 13.4. The molecule has 0 bridgehead atoms. The average Bonchev–Trinajstić information content (AvgIpc) is 2.49. The Kier molecular flexibility index (Phi) is 4.82. The lowest BCUT2D eigenvalue weighted by Gasteiger charge is -2.20. The zero-order valence-electron chi connectivity index (χ0n) is 11.8. The highest BCUT2D eigenvalue weighted by Crippen LogP contribution is 2.18. The van der Waals surface area contributed by atoms with Gasteiger partial charge in [0.1, 0.15) is 11.6 Å². The van der Waals surface area contributed by atoms with Gasteiger partial charge in [-0.25, -0.2) is 4.39 Å². The molecule has 2 aromatic rings. The van der Waals surface area contributed by atoms with Crippen molar-refractivity contribution in [1.29, 1.82) is 0 Å². The molecule has 2 rings (SSSR count). The van der Waals surface area contributed by atoms with Crippen molar-refractivity contribution in [3.05, 3.63) is 54.3 Å². The molecule has 0 unspecified atom stereocenters. The maximum atomic E-state index is 13.4. The van der Waals surface area contributed by atoms with Crippen molar-refractivity contribution < 1.29 is 9.13 Å². The van der Waals surface area contributed by atoms with E-state index in [9.17, 15) is 4.39 Å². The lowest BCUT2D eigenvalue weighted by molar-refractivity contribution is 0.415. The topological polar surface area (TPSA) is 24.5 Å². The van der Waals surface area contributed by atoms with E-state index in [0.717, 1.165) is 18.0 Å². The van der Waals surface area contributed by atoms with E-state index in [2.05, 4.69) is 10.2 Å². The standard InChI is InChI=1S/C16H19FN2O/c1-19(13-7-9-14(20-2)10-8-13)12-11-18-16-6-4-3-5-15(16)17/h3-10,18H,11-12H2,1-2H3. The molecule has 0 aliphatic heterocycles. The van der Waals surface area contributed by atoms with Crippen LogP contribution in [0.1, 0.15) is 0 Å². The first-order valence-electron chi connectivity index (χ1n) is 6.54. The summed E-state index contributed by atoms with van der Waals surface area (Å²) in [6.07, 6.45) is 0. The molecule has 0 spiro atoms. The van der Waals surface area contributed by atoms with Crippen LogP contribution in [-0.2, 0) is 0 Å². The first-order chi connectivity index (χ1) is 9.70. The van der Waals surface area contributed by atoms with Crippen LogP contribution in [0.2, 0.25) is 0 Å². The largest absolute Gasteiger partial charge is 0.497 e. The smallest absolute Gasteiger partial charge is 0.146 e. The number of para-hydroxylation sites is 1. The maximum Gasteiger partial charge on any atom is 0.146 e. The van der Waals surface area contributed by atoms with Crippen molar-refractivity contribution in [2.75, 3.05) is 37.5 Å². The van der Waals surface area contributed by atoms with E-state index in [1.807, 2.05) is 37.4 Å². The number of nitrogens with zero attached hydrogens (tertiary/aromatic N) is 1. The number of halogens is 1. The van der Waals surface area contributed by atoms with E-state index in [4.69, 9.17) is 4.74 Å². The summed E-state index contributed by atoms with van der Waals surface area (Å²) in [6, 6.07) is 14.6. The molecular formula is C16H19FN2O. The van der Waals surface area contributed by atoms with E-state index < -0.39 is 0 Å². The Balaban J connectivity index is 1.85. The van der Waals surface area contributed by atoms with E-state index in [0.29, 0.717) is 12.2 Å². The molecule has 0 fully saturated rings. The quantitative estimate of drug-likeness (QED) is 0.874. The highest BCUT2D eigenvalue weighted by atomic mass is 19.1. The third kappa shape index (κ3) is 3.63. The molecule has 0 atom stereocenters. The van der Waals surface area contributed by atoms with Crippen LogP contribution in [0.4, 0.5) is 15.8 Å². The number of anilines is 2. The summed E-state index contributed by atoms with van der Waals surface area (Å²) in [5.74, 6) is 0.617. The van der Waals surface area contributed by atoms with Crippen LogP contribution in [0.25, 0.3) is 0 Å². The second-order valence-electron chi connectivity index (χ2n) is 4.53. The zero-order chi connectivity index (χ0) is 14.4. The van der Waals surface area contributed by atoms with Crippen LogP contribution in [0.3, 0.4) is 0 Å². The number of ether oxygens (including phenoxy) is 1. The van der Waals surface area contributed by atoms with Crippen LogP contribution in [0.15, 0.2) is 48.5 Å². The number of hydrogen-bond acceptors (Lipinski definition) is 3. The lowest BCUT2D eigenvalue weighted by atomic mass is 10.2. The molecule has 0 amide bonds. The van der Waals surface area contributed by atoms with Crippen molar-refractivity contribution in [1.82, 2.24) is 0 Å². The number of rotatable bonds is 6. The summed E-state index contributed by atoms with van der Waals surface area (Å²) in [7, 11) is 3.65. The van der Waals surface area contributed by atoms with Gasteiger partial charge in [0.25, 0.3) is 0 Å². The van der Waals surface area contributed by atoms with E-state index in [-0.39, 0.29) is 5.82 Å². The summed E-state index contributed by atoms with van der Waals surface area (Å²) in [6.45, 7) is 1.45. The number of likely N-dealkylation sites (N-methyl/N-ethyl adjacent to an activating group) is 1. The Morgan fingerprint density at radius 3 is 2.45 bits per heavy atom. The van der Waals surface area contributed by atoms with Crippen LogP contribution < -0.4 is 15.0 Å². The number of nitrogens with one attached hydrogen (secondary N) is 1. The van der Waals surface area contributed by atoms with Gasteiger partial charge in [0.15, 0.2) is 0 Å². The van der Waals surface area contributed by atoms with Gasteiger partial charge < -0.3 is 15.0 Å². The number of benzene rings is 2. The van der Waals surface area contributed by atoms with E-state index in [1.165, 1.54) is 6.07 Å². The Morgan fingerprint density at radius 1 is 1.10 bits per heavy atom. The van der Waals surface area contributed by atoms with E-state index in [1.54, 1.807) is 19.2 Å². The first kappa shape index (κ1) is 14.2. The fourth-order valence-electron chi connectivity index (χ4n) is 1.93.